The van der Waals surface area contributed by atoms with Gasteiger partial charge in [0.25, 0.3) is 0 Å². The van der Waals surface area contributed by atoms with Crippen molar-refractivity contribution in [2.45, 2.75) is 13.0 Å². The van der Waals surface area contributed by atoms with Gasteiger partial charge in [-0.25, -0.2) is 4.79 Å². The Hall–Kier alpha value is -2.62. The second-order valence-corrected chi connectivity index (χ2v) is 4.64. The Morgan fingerprint density at radius 2 is 1.95 bits per heavy atom. The van der Waals surface area contributed by atoms with Gasteiger partial charge in [-0.15, -0.1) is 0 Å². The third kappa shape index (κ3) is 5.10. The summed E-state index contributed by atoms with van der Waals surface area (Å²) in [4.78, 5) is 16.0. The van der Waals surface area contributed by atoms with Gasteiger partial charge in [0.15, 0.2) is 0 Å². The molecule has 2 amide bonds. The van der Waals surface area contributed by atoms with Gasteiger partial charge in [0.1, 0.15) is 0 Å². The Morgan fingerprint density at radius 3 is 2.67 bits per heavy atom. The topological polar surface area (TPSA) is 54.0 Å². The highest BCUT2D eigenvalue weighted by atomic mass is 16.2. The van der Waals surface area contributed by atoms with Crippen LogP contribution < -0.4 is 10.6 Å². The van der Waals surface area contributed by atoms with Crippen molar-refractivity contribution in [2.24, 2.45) is 0 Å². The molecule has 0 spiro atoms. The lowest BCUT2D eigenvalue weighted by Gasteiger charge is -2.13. The number of aromatic nitrogens is 1. The average molecular weight is 281 g/mol. The summed E-state index contributed by atoms with van der Waals surface area (Å²) in [7, 11) is 0. The molecule has 4 nitrogen and oxygen atoms in total. The van der Waals surface area contributed by atoms with E-state index in [1.165, 1.54) is 0 Å². The van der Waals surface area contributed by atoms with Crippen molar-refractivity contribution < 1.29 is 4.79 Å². The SMILES string of the molecule is CC(NC(=O)NC/C=C/c1ccccc1)c1ccccn1. The van der Waals surface area contributed by atoms with Crippen LogP contribution in [0.25, 0.3) is 6.08 Å². The zero-order valence-electron chi connectivity index (χ0n) is 12.0. The highest BCUT2D eigenvalue weighted by Crippen LogP contribution is 2.07. The van der Waals surface area contributed by atoms with Crippen molar-refractivity contribution in [3.63, 3.8) is 0 Å². The van der Waals surface area contributed by atoms with Gasteiger partial charge in [-0.1, -0.05) is 48.6 Å². The first kappa shape index (κ1) is 14.8. The number of urea groups is 1. The molecule has 2 rings (SSSR count). The van der Waals surface area contributed by atoms with E-state index in [4.69, 9.17) is 0 Å². The number of carbonyl (C=O) groups is 1. The summed E-state index contributed by atoms with van der Waals surface area (Å²) in [5.74, 6) is 0. The molecule has 1 aromatic carbocycles. The van der Waals surface area contributed by atoms with Crippen molar-refractivity contribution in [3.8, 4) is 0 Å². The van der Waals surface area contributed by atoms with Crippen molar-refractivity contribution in [2.75, 3.05) is 6.54 Å². The largest absolute Gasteiger partial charge is 0.335 e. The number of carbonyl (C=O) groups excluding carboxylic acids is 1. The maximum Gasteiger partial charge on any atom is 0.315 e. The maximum absolute atomic E-state index is 11.8. The molecule has 0 fully saturated rings. The summed E-state index contributed by atoms with van der Waals surface area (Å²) >= 11 is 0. The normalized spacial score (nSPS) is 12.0. The Balaban J connectivity index is 1.74. The fraction of sp³-hybridized carbons (Fsp3) is 0.176. The van der Waals surface area contributed by atoms with Crippen LogP contribution in [0.4, 0.5) is 4.79 Å². The number of hydrogen-bond donors (Lipinski definition) is 2. The van der Waals surface area contributed by atoms with E-state index in [-0.39, 0.29) is 12.1 Å². The second kappa shape index (κ2) is 7.85. The number of amides is 2. The van der Waals surface area contributed by atoms with Crippen molar-refractivity contribution in [1.82, 2.24) is 15.6 Å². The van der Waals surface area contributed by atoms with E-state index in [9.17, 15) is 4.79 Å². The lowest BCUT2D eigenvalue weighted by Crippen LogP contribution is -2.37. The van der Waals surface area contributed by atoms with Crippen LogP contribution in [-0.4, -0.2) is 17.6 Å². The predicted octanol–water partition coefficient (Wildman–Crippen LogP) is 3.16. The van der Waals surface area contributed by atoms with Crippen LogP contribution in [0.1, 0.15) is 24.2 Å². The van der Waals surface area contributed by atoms with Crippen LogP contribution in [0.15, 0.2) is 60.8 Å². The van der Waals surface area contributed by atoms with E-state index >= 15 is 0 Å². The molecule has 1 unspecified atom stereocenters. The van der Waals surface area contributed by atoms with E-state index in [1.807, 2.05) is 67.6 Å². The van der Waals surface area contributed by atoms with Gasteiger partial charge in [-0.05, 0) is 24.6 Å². The van der Waals surface area contributed by atoms with Crippen LogP contribution >= 0.6 is 0 Å². The van der Waals surface area contributed by atoms with Gasteiger partial charge in [-0.2, -0.15) is 0 Å². The number of nitrogens with zero attached hydrogens (tertiary/aromatic N) is 1. The first-order valence-electron chi connectivity index (χ1n) is 6.92. The minimum Gasteiger partial charge on any atom is -0.335 e. The molecule has 4 heteroatoms. The molecule has 2 N–H and O–H groups in total. The van der Waals surface area contributed by atoms with Gasteiger partial charge < -0.3 is 10.6 Å². The fourth-order valence-corrected chi connectivity index (χ4v) is 1.86. The molecule has 0 bridgehead atoms. The van der Waals surface area contributed by atoms with Crippen LogP contribution in [0, 0.1) is 0 Å². The Kier molecular flexibility index (Phi) is 5.52. The summed E-state index contributed by atoms with van der Waals surface area (Å²) in [5.41, 5.74) is 1.95. The quantitative estimate of drug-likeness (QED) is 0.884. The first-order valence-corrected chi connectivity index (χ1v) is 6.92. The minimum absolute atomic E-state index is 0.121. The molecule has 1 atom stereocenters. The van der Waals surface area contributed by atoms with Crippen LogP contribution in [0.5, 0.6) is 0 Å². The molecule has 0 saturated heterocycles. The fourth-order valence-electron chi connectivity index (χ4n) is 1.86. The summed E-state index contributed by atoms with van der Waals surface area (Å²) in [6.45, 7) is 2.39. The molecular weight excluding hydrogens is 262 g/mol. The van der Waals surface area contributed by atoms with Gasteiger partial charge in [0.05, 0.1) is 11.7 Å². The lowest BCUT2D eigenvalue weighted by molar-refractivity contribution is 0.238. The second-order valence-electron chi connectivity index (χ2n) is 4.64. The molecule has 1 aromatic heterocycles. The molecule has 2 aromatic rings. The Bertz CT molecular complexity index is 581. The van der Waals surface area contributed by atoms with E-state index in [2.05, 4.69) is 15.6 Å². The molecule has 0 aliphatic rings. The highest BCUT2D eigenvalue weighted by Gasteiger charge is 2.08. The van der Waals surface area contributed by atoms with E-state index in [0.717, 1.165) is 11.3 Å². The van der Waals surface area contributed by atoms with Gasteiger partial charge in [-0.3, -0.25) is 4.98 Å². The zero-order chi connectivity index (χ0) is 14.9. The van der Waals surface area contributed by atoms with Crippen LogP contribution in [0.3, 0.4) is 0 Å². The van der Waals surface area contributed by atoms with Crippen molar-refractivity contribution in [1.29, 1.82) is 0 Å². The summed E-state index contributed by atoms with van der Waals surface area (Å²) in [6, 6.07) is 15.3. The van der Waals surface area contributed by atoms with E-state index < -0.39 is 0 Å². The van der Waals surface area contributed by atoms with Gasteiger partial charge in [0, 0.05) is 12.7 Å². The molecule has 0 saturated carbocycles. The smallest absolute Gasteiger partial charge is 0.315 e. The van der Waals surface area contributed by atoms with Gasteiger partial charge in [0.2, 0.25) is 0 Å². The van der Waals surface area contributed by atoms with Gasteiger partial charge >= 0.3 is 6.03 Å². The molecule has 108 valence electrons. The predicted molar refractivity (Wildman–Crippen MR) is 84.7 cm³/mol. The Labute approximate surface area is 124 Å². The van der Waals surface area contributed by atoms with Crippen molar-refractivity contribution in [3.05, 3.63) is 72.1 Å². The van der Waals surface area contributed by atoms with E-state index in [0.29, 0.717) is 6.54 Å². The monoisotopic (exact) mass is 281 g/mol. The van der Waals surface area contributed by atoms with Crippen LogP contribution in [-0.2, 0) is 0 Å². The summed E-state index contributed by atoms with van der Waals surface area (Å²) < 4.78 is 0. The number of benzene rings is 1. The number of hydrogen-bond acceptors (Lipinski definition) is 2. The molecular formula is C17H19N3O. The Morgan fingerprint density at radius 1 is 1.19 bits per heavy atom. The number of pyridine rings is 1. The third-order valence-electron chi connectivity index (χ3n) is 2.97. The molecule has 0 radical (unpaired) electrons. The molecule has 0 aliphatic heterocycles. The molecule has 0 aliphatic carbocycles. The first-order chi connectivity index (χ1) is 10.3. The van der Waals surface area contributed by atoms with Crippen molar-refractivity contribution >= 4 is 12.1 Å². The summed E-state index contributed by atoms with van der Waals surface area (Å²) in [5, 5.41) is 5.64. The average Bonchev–Trinajstić information content (AvgIpc) is 2.53. The third-order valence-corrected chi connectivity index (χ3v) is 2.97. The van der Waals surface area contributed by atoms with Crippen LogP contribution in [0.2, 0.25) is 0 Å². The maximum atomic E-state index is 11.8. The highest BCUT2D eigenvalue weighted by molar-refractivity contribution is 5.74. The minimum atomic E-state index is -0.203. The molecule has 1 heterocycles. The standard InChI is InChI=1S/C17H19N3O/c1-14(16-11-5-6-12-18-16)20-17(21)19-13-7-10-15-8-3-2-4-9-15/h2-12,14H,13H2,1H3,(H2,19,20,21)/b10-7+. The van der Waals surface area contributed by atoms with E-state index in [1.54, 1.807) is 6.20 Å². The lowest BCUT2D eigenvalue weighted by atomic mass is 10.2. The number of nitrogens with one attached hydrogen (secondary N) is 2. The molecule has 21 heavy (non-hydrogen) atoms. The zero-order valence-corrected chi connectivity index (χ0v) is 12.0. The summed E-state index contributed by atoms with van der Waals surface area (Å²) in [6.07, 6.45) is 5.61. The number of rotatable bonds is 5.